The first-order chi connectivity index (χ1) is 10.1. The van der Waals surface area contributed by atoms with E-state index in [0.29, 0.717) is 22.9 Å². The van der Waals surface area contributed by atoms with Crippen LogP contribution >= 0.6 is 11.6 Å². The van der Waals surface area contributed by atoms with Crippen molar-refractivity contribution in [2.45, 2.75) is 50.7 Å². The maximum absolute atomic E-state index is 14.0. The van der Waals surface area contributed by atoms with E-state index >= 15 is 0 Å². The molecule has 1 aromatic rings. The number of rotatable bonds is 3. The first-order valence-corrected chi connectivity index (χ1v) is 7.87. The molecule has 1 saturated carbocycles. The molecule has 21 heavy (non-hydrogen) atoms. The van der Waals surface area contributed by atoms with Gasteiger partial charge in [0, 0.05) is 23.2 Å². The Morgan fingerprint density at radius 3 is 2.86 bits per heavy atom. The molecule has 0 aromatic heterocycles. The first kappa shape index (κ1) is 14.8. The smallest absolute Gasteiger partial charge is 0.320 e. The fourth-order valence-corrected chi connectivity index (χ4v) is 4.11. The van der Waals surface area contributed by atoms with Crippen LogP contribution in [0.5, 0.6) is 0 Å². The maximum atomic E-state index is 14.0. The summed E-state index contributed by atoms with van der Waals surface area (Å²) < 4.78 is 14.0. The highest BCUT2D eigenvalue weighted by atomic mass is 35.5. The average Bonchev–Trinajstić information content (AvgIpc) is 2.82. The van der Waals surface area contributed by atoms with Crippen molar-refractivity contribution in [3.63, 3.8) is 0 Å². The van der Waals surface area contributed by atoms with Crippen molar-refractivity contribution >= 4 is 17.6 Å². The van der Waals surface area contributed by atoms with Gasteiger partial charge >= 0.3 is 5.97 Å². The number of benzene rings is 1. The van der Waals surface area contributed by atoms with Gasteiger partial charge in [0.1, 0.15) is 11.9 Å². The zero-order chi connectivity index (χ0) is 15.0. The van der Waals surface area contributed by atoms with E-state index in [1.807, 2.05) is 4.90 Å². The molecule has 1 N–H and O–H groups in total. The van der Waals surface area contributed by atoms with E-state index in [-0.39, 0.29) is 18.4 Å². The van der Waals surface area contributed by atoms with Crippen LogP contribution in [0.2, 0.25) is 5.02 Å². The normalized spacial score (nSPS) is 29.3. The van der Waals surface area contributed by atoms with Crippen LogP contribution < -0.4 is 0 Å². The van der Waals surface area contributed by atoms with Crippen molar-refractivity contribution in [3.8, 4) is 0 Å². The summed E-state index contributed by atoms with van der Waals surface area (Å²) >= 11 is 6.10. The second-order valence-corrected chi connectivity index (χ2v) is 6.48. The largest absolute Gasteiger partial charge is 0.480 e. The van der Waals surface area contributed by atoms with Gasteiger partial charge in [0.05, 0.1) is 0 Å². The van der Waals surface area contributed by atoms with Crippen molar-refractivity contribution in [1.82, 2.24) is 4.90 Å². The number of likely N-dealkylation sites (tertiary alicyclic amines) is 1. The van der Waals surface area contributed by atoms with Gasteiger partial charge in [-0.1, -0.05) is 30.5 Å². The Morgan fingerprint density at radius 2 is 2.14 bits per heavy atom. The highest BCUT2D eigenvalue weighted by Crippen LogP contribution is 2.41. The predicted octanol–water partition coefficient (Wildman–Crippen LogP) is 3.70. The average molecular weight is 312 g/mol. The summed E-state index contributed by atoms with van der Waals surface area (Å²) in [7, 11) is 0. The minimum Gasteiger partial charge on any atom is -0.480 e. The standard InChI is InChI=1S/C16H19ClFNO2/c17-12-5-3-6-13(18)11(12)9-19-14-7-2-1-4-10(14)8-15(19)16(20)21/h3,5-6,10,14-15H,1-2,4,7-9H2,(H,20,21)/t10-,14+,15+/m1/s1. The molecule has 3 atom stereocenters. The van der Waals surface area contributed by atoms with Gasteiger partial charge in [0.2, 0.25) is 0 Å². The van der Waals surface area contributed by atoms with E-state index in [1.165, 1.54) is 12.5 Å². The zero-order valence-electron chi connectivity index (χ0n) is 11.8. The number of fused-ring (bicyclic) bond motifs is 1. The third kappa shape index (κ3) is 2.79. The highest BCUT2D eigenvalue weighted by molar-refractivity contribution is 6.31. The molecule has 1 saturated heterocycles. The number of halogens is 2. The van der Waals surface area contributed by atoms with Crippen molar-refractivity contribution in [2.75, 3.05) is 0 Å². The zero-order valence-corrected chi connectivity index (χ0v) is 12.5. The van der Waals surface area contributed by atoms with Crippen molar-refractivity contribution in [1.29, 1.82) is 0 Å². The van der Waals surface area contributed by atoms with Gasteiger partial charge in [-0.3, -0.25) is 9.69 Å². The topological polar surface area (TPSA) is 40.5 Å². The Bertz CT molecular complexity index is 531. The number of nitrogens with zero attached hydrogens (tertiary/aromatic N) is 1. The minimum atomic E-state index is -0.808. The molecule has 3 nitrogen and oxygen atoms in total. The molecule has 0 spiro atoms. The van der Waals surface area contributed by atoms with Crippen LogP contribution in [0.15, 0.2) is 18.2 Å². The second-order valence-electron chi connectivity index (χ2n) is 6.07. The number of hydrogen-bond donors (Lipinski definition) is 1. The lowest BCUT2D eigenvalue weighted by Gasteiger charge is -2.33. The van der Waals surface area contributed by atoms with Crippen LogP contribution in [0, 0.1) is 11.7 Å². The maximum Gasteiger partial charge on any atom is 0.320 e. The third-order valence-corrected chi connectivity index (χ3v) is 5.26. The van der Waals surface area contributed by atoms with Crippen LogP contribution in [0.25, 0.3) is 0 Å². The van der Waals surface area contributed by atoms with Crippen LogP contribution in [0.4, 0.5) is 4.39 Å². The number of carboxylic acid groups (broad SMARTS) is 1. The van der Waals surface area contributed by atoms with Gasteiger partial charge in [-0.25, -0.2) is 4.39 Å². The van der Waals surface area contributed by atoms with E-state index in [0.717, 1.165) is 19.3 Å². The minimum absolute atomic E-state index is 0.246. The Labute approximate surface area is 128 Å². The molecule has 1 aliphatic carbocycles. The summed E-state index contributed by atoms with van der Waals surface area (Å²) in [5.41, 5.74) is 0.414. The third-order valence-electron chi connectivity index (χ3n) is 4.91. The number of hydrogen-bond acceptors (Lipinski definition) is 2. The lowest BCUT2D eigenvalue weighted by atomic mass is 9.84. The quantitative estimate of drug-likeness (QED) is 0.925. The molecule has 1 aliphatic heterocycles. The van der Waals surface area contributed by atoms with Gasteiger partial charge in [0.15, 0.2) is 0 Å². The summed E-state index contributed by atoms with van der Waals surface area (Å²) in [5.74, 6) is -0.742. The second kappa shape index (κ2) is 5.93. The van der Waals surface area contributed by atoms with Crippen molar-refractivity contribution in [3.05, 3.63) is 34.6 Å². The fraction of sp³-hybridized carbons (Fsp3) is 0.562. The molecule has 0 radical (unpaired) electrons. The number of carbonyl (C=O) groups is 1. The molecule has 1 heterocycles. The fourth-order valence-electron chi connectivity index (χ4n) is 3.89. The van der Waals surface area contributed by atoms with E-state index in [2.05, 4.69) is 0 Å². The number of aliphatic carboxylic acids is 1. The van der Waals surface area contributed by atoms with E-state index < -0.39 is 12.0 Å². The molecule has 5 heteroatoms. The summed E-state index contributed by atoms with van der Waals surface area (Å²) in [5, 5.41) is 9.85. The van der Waals surface area contributed by atoms with Crippen LogP contribution in [0.3, 0.4) is 0 Å². The molecule has 114 valence electrons. The van der Waals surface area contributed by atoms with Crippen LogP contribution in [0.1, 0.15) is 37.7 Å². The predicted molar refractivity (Wildman–Crippen MR) is 78.7 cm³/mol. The summed E-state index contributed by atoms with van der Waals surface area (Å²) in [6.45, 7) is 0.281. The van der Waals surface area contributed by atoms with Gasteiger partial charge in [0.25, 0.3) is 0 Å². The SMILES string of the molecule is O=C(O)[C@@H]1C[C@H]2CCCC[C@@H]2N1Cc1c(F)cccc1Cl. The van der Waals surface area contributed by atoms with E-state index in [9.17, 15) is 14.3 Å². The molecule has 2 fully saturated rings. The molecule has 3 rings (SSSR count). The van der Waals surface area contributed by atoms with Gasteiger partial charge in [-0.05, 0) is 37.3 Å². The summed E-state index contributed by atoms with van der Waals surface area (Å²) in [4.78, 5) is 13.5. The van der Waals surface area contributed by atoms with Gasteiger partial charge in [-0.2, -0.15) is 0 Å². The first-order valence-electron chi connectivity index (χ1n) is 7.49. The van der Waals surface area contributed by atoms with E-state index in [4.69, 9.17) is 11.6 Å². The monoisotopic (exact) mass is 311 g/mol. The molecule has 0 bridgehead atoms. The summed E-state index contributed by atoms with van der Waals surface area (Å²) in [6, 6.07) is 4.34. The Morgan fingerprint density at radius 1 is 1.38 bits per heavy atom. The summed E-state index contributed by atoms with van der Waals surface area (Å²) in [6.07, 6.45) is 5.04. The van der Waals surface area contributed by atoms with E-state index in [1.54, 1.807) is 12.1 Å². The Hall–Kier alpha value is -1.13. The van der Waals surface area contributed by atoms with Crippen LogP contribution in [-0.4, -0.2) is 28.1 Å². The Balaban J connectivity index is 1.88. The molecule has 0 unspecified atom stereocenters. The molecule has 0 amide bonds. The van der Waals surface area contributed by atoms with Crippen molar-refractivity contribution in [2.24, 2.45) is 5.92 Å². The van der Waals surface area contributed by atoms with Crippen LogP contribution in [-0.2, 0) is 11.3 Å². The molecule has 2 aliphatic rings. The molecular formula is C16H19ClFNO2. The molecule has 1 aromatic carbocycles. The number of carboxylic acids is 1. The van der Waals surface area contributed by atoms with Crippen molar-refractivity contribution < 1.29 is 14.3 Å². The lowest BCUT2D eigenvalue weighted by molar-refractivity contribution is -0.142. The lowest BCUT2D eigenvalue weighted by Crippen LogP contribution is -2.41. The highest BCUT2D eigenvalue weighted by Gasteiger charge is 2.45. The van der Waals surface area contributed by atoms with Gasteiger partial charge < -0.3 is 5.11 Å². The van der Waals surface area contributed by atoms with Gasteiger partial charge in [-0.15, -0.1) is 0 Å². The Kier molecular flexibility index (Phi) is 4.18. The molecular weight excluding hydrogens is 293 g/mol.